The minimum Gasteiger partial charge on any atom is -0.462 e. The van der Waals surface area contributed by atoms with Crippen molar-refractivity contribution in [3.63, 3.8) is 0 Å². The lowest BCUT2D eigenvalue weighted by Gasteiger charge is -2.13. The van der Waals surface area contributed by atoms with Gasteiger partial charge < -0.3 is 4.74 Å². The Balaban J connectivity index is 2.37. The number of ether oxygens (including phenoxy) is 1. The lowest BCUT2D eigenvalue weighted by molar-refractivity contribution is -0.385. The Morgan fingerprint density at radius 3 is 2.42 bits per heavy atom. The molecule has 0 saturated heterocycles. The number of rotatable bonds is 6. The smallest absolute Gasteiger partial charge is 0.338 e. The third-order valence-electron chi connectivity index (χ3n) is 3.65. The molecule has 0 unspecified atom stereocenters. The molecule has 0 fully saturated rings. The van der Waals surface area contributed by atoms with Gasteiger partial charge in [0, 0.05) is 12.1 Å². The van der Waals surface area contributed by atoms with E-state index in [1.54, 1.807) is 20.8 Å². The predicted molar refractivity (Wildman–Crippen MR) is 95.8 cm³/mol. The van der Waals surface area contributed by atoms with E-state index in [4.69, 9.17) is 4.74 Å². The van der Waals surface area contributed by atoms with Crippen LogP contribution in [0.5, 0.6) is 0 Å². The van der Waals surface area contributed by atoms with E-state index in [1.165, 1.54) is 30.3 Å². The van der Waals surface area contributed by atoms with Gasteiger partial charge in [-0.15, -0.1) is 0 Å². The van der Waals surface area contributed by atoms with Gasteiger partial charge in [-0.1, -0.05) is 6.07 Å². The molecule has 0 atom stereocenters. The first-order valence-electron chi connectivity index (χ1n) is 7.71. The average Bonchev–Trinajstić information content (AvgIpc) is 2.56. The first-order chi connectivity index (χ1) is 12.2. The monoisotopic (exact) mass is 378 g/mol. The van der Waals surface area contributed by atoms with Crippen molar-refractivity contribution in [2.75, 3.05) is 11.3 Å². The number of nitrogens with one attached hydrogen (secondary N) is 1. The molecule has 0 saturated carbocycles. The number of nitrogens with zero attached hydrogens (tertiary/aromatic N) is 1. The van der Waals surface area contributed by atoms with Gasteiger partial charge in [-0.25, -0.2) is 13.2 Å². The van der Waals surface area contributed by atoms with Crippen LogP contribution in [0.15, 0.2) is 41.3 Å². The summed E-state index contributed by atoms with van der Waals surface area (Å²) in [6.07, 6.45) is 0. The zero-order valence-corrected chi connectivity index (χ0v) is 15.3. The largest absolute Gasteiger partial charge is 0.462 e. The number of hydrogen-bond donors (Lipinski definition) is 1. The highest BCUT2D eigenvalue weighted by Crippen LogP contribution is 2.26. The molecule has 0 radical (unpaired) electrons. The maximum absolute atomic E-state index is 12.6. The van der Waals surface area contributed by atoms with Crippen molar-refractivity contribution < 1.29 is 22.9 Å². The summed E-state index contributed by atoms with van der Waals surface area (Å²) in [5, 5.41) is 10.9. The third-order valence-corrected chi connectivity index (χ3v) is 5.16. The maximum atomic E-state index is 12.6. The van der Waals surface area contributed by atoms with Crippen LogP contribution in [0.1, 0.15) is 28.4 Å². The lowest BCUT2D eigenvalue weighted by Crippen LogP contribution is -2.15. The summed E-state index contributed by atoms with van der Waals surface area (Å²) in [6.45, 7) is 5.11. The molecule has 0 amide bonds. The SMILES string of the molecule is CCOC(=O)c1ccc(NS(=O)(=O)c2cc([N+](=O)[O-])ccc2C)c(C)c1. The van der Waals surface area contributed by atoms with Crippen molar-refractivity contribution >= 4 is 27.4 Å². The number of aryl methyl sites for hydroxylation is 2. The molecule has 0 aliphatic rings. The molecular weight excluding hydrogens is 360 g/mol. The number of hydrogen-bond acceptors (Lipinski definition) is 6. The highest BCUT2D eigenvalue weighted by molar-refractivity contribution is 7.92. The highest BCUT2D eigenvalue weighted by atomic mass is 32.2. The fourth-order valence-corrected chi connectivity index (χ4v) is 3.71. The predicted octanol–water partition coefficient (Wildman–Crippen LogP) is 3.19. The molecule has 9 heteroatoms. The molecule has 2 aromatic rings. The van der Waals surface area contributed by atoms with Crippen molar-refractivity contribution in [3.8, 4) is 0 Å². The van der Waals surface area contributed by atoms with Gasteiger partial charge in [0.05, 0.1) is 27.7 Å². The van der Waals surface area contributed by atoms with Crippen LogP contribution in [0, 0.1) is 24.0 Å². The van der Waals surface area contributed by atoms with Crippen molar-refractivity contribution in [3.05, 3.63) is 63.2 Å². The van der Waals surface area contributed by atoms with Gasteiger partial charge in [0.2, 0.25) is 0 Å². The molecule has 0 aliphatic heterocycles. The Hall–Kier alpha value is -2.94. The zero-order valence-electron chi connectivity index (χ0n) is 14.5. The number of nitro benzene ring substituents is 1. The number of carbonyl (C=O) groups excluding carboxylic acids is 1. The number of benzene rings is 2. The summed E-state index contributed by atoms with van der Waals surface area (Å²) >= 11 is 0. The van der Waals surface area contributed by atoms with Crippen molar-refractivity contribution in [1.82, 2.24) is 0 Å². The maximum Gasteiger partial charge on any atom is 0.338 e. The Kier molecular flexibility index (Phi) is 5.61. The first-order valence-corrected chi connectivity index (χ1v) is 9.19. The number of nitro groups is 1. The van der Waals surface area contributed by atoms with Gasteiger partial charge >= 0.3 is 5.97 Å². The summed E-state index contributed by atoms with van der Waals surface area (Å²) in [4.78, 5) is 21.8. The number of esters is 1. The van der Waals surface area contributed by atoms with Crippen LogP contribution in [0.3, 0.4) is 0 Å². The summed E-state index contributed by atoms with van der Waals surface area (Å²) in [5.74, 6) is -0.500. The van der Waals surface area contributed by atoms with Gasteiger partial charge in [0.15, 0.2) is 0 Å². The second-order valence-electron chi connectivity index (χ2n) is 5.56. The van der Waals surface area contributed by atoms with Crippen LogP contribution >= 0.6 is 0 Å². The molecule has 26 heavy (non-hydrogen) atoms. The van der Waals surface area contributed by atoms with Crippen LogP contribution in [0.4, 0.5) is 11.4 Å². The molecule has 0 spiro atoms. The molecule has 8 nitrogen and oxygen atoms in total. The normalized spacial score (nSPS) is 11.0. The molecule has 2 rings (SSSR count). The Bertz CT molecular complexity index is 969. The standard InChI is InChI=1S/C17H18N2O6S/c1-4-25-17(20)13-6-8-15(12(3)9-13)18-26(23,24)16-10-14(19(21)22)7-5-11(16)2/h5-10,18H,4H2,1-3H3. The number of anilines is 1. The van der Waals surface area contributed by atoms with Gasteiger partial charge in [-0.05, 0) is 50.1 Å². The number of non-ortho nitro benzene ring substituents is 1. The molecule has 1 N–H and O–H groups in total. The quantitative estimate of drug-likeness (QED) is 0.469. The molecule has 2 aromatic carbocycles. The van der Waals surface area contributed by atoms with Crippen LogP contribution in [-0.2, 0) is 14.8 Å². The van der Waals surface area contributed by atoms with E-state index in [2.05, 4.69) is 4.72 Å². The average molecular weight is 378 g/mol. The van der Waals surface area contributed by atoms with Gasteiger partial charge in [0.1, 0.15) is 0 Å². The van der Waals surface area contributed by atoms with E-state index in [0.717, 1.165) is 6.07 Å². The van der Waals surface area contributed by atoms with Gasteiger partial charge in [0.25, 0.3) is 15.7 Å². The fourth-order valence-electron chi connectivity index (χ4n) is 2.31. The van der Waals surface area contributed by atoms with E-state index in [0.29, 0.717) is 16.7 Å². The van der Waals surface area contributed by atoms with Crippen molar-refractivity contribution in [2.24, 2.45) is 0 Å². The van der Waals surface area contributed by atoms with Crippen LogP contribution in [-0.4, -0.2) is 25.9 Å². The molecule has 138 valence electrons. The van der Waals surface area contributed by atoms with Crippen LogP contribution in [0.25, 0.3) is 0 Å². The second kappa shape index (κ2) is 7.52. The van der Waals surface area contributed by atoms with E-state index in [-0.39, 0.29) is 22.9 Å². The highest BCUT2D eigenvalue weighted by Gasteiger charge is 2.21. The zero-order chi connectivity index (χ0) is 19.5. The molecule has 0 bridgehead atoms. The fraction of sp³-hybridized carbons (Fsp3) is 0.235. The number of carbonyl (C=O) groups is 1. The molecule has 0 heterocycles. The van der Waals surface area contributed by atoms with Gasteiger partial charge in [-0.3, -0.25) is 14.8 Å². The third kappa shape index (κ3) is 4.17. The summed E-state index contributed by atoms with van der Waals surface area (Å²) < 4.78 is 32.6. The van der Waals surface area contributed by atoms with Crippen molar-refractivity contribution in [2.45, 2.75) is 25.7 Å². The minimum atomic E-state index is -4.04. The topological polar surface area (TPSA) is 116 Å². The van der Waals surface area contributed by atoms with Gasteiger partial charge in [-0.2, -0.15) is 0 Å². The minimum absolute atomic E-state index is 0.180. The van der Waals surface area contributed by atoms with E-state index in [9.17, 15) is 23.3 Å². The Morgan fingerprint density at radius 1 is 1.15 bits per heavy atom. The summed E-state index contributed by atoms with van der Waals surface area (Å²) in [7, 11) is -4.04. The molecule has 0 aromatic heterocycles. The van der Waals surface area contributed by atoms with Crippen LogP contribution < -0.4 is 4.72 Å². The van der Waals surface area contributed by atoms with E-state index >= 15 is 0 Å². The van der Waals surface area contributed by atoms with E-state index < -0.39 is 20.9 Å². The summed E-state index contributed by atoms with van der Waals surface area (Å²) in [6, 6.07) is 8.04. The second-order valence-corrected chi connectivity index (χ2v) is 7.21. The lowest BCUT2D eigenvalue weighted by atomic mass is 10.1. The molecule has 0 aliphatic carbocycles. The van der Waals surface area contributed by atoms with Crippen LogP contribution in [0.2, 0.25) is 0 Å². The van der Waals surface area contributed by atoms with Crippen molar-refractivity contribution in [1.29, 1.82) is 0 Å². The Labute approximate surface area is 151 Å². The summed E-state index contributed by atoms with van der Waals surface area (Å²) in [5.41, 5.74) is 1.15. The first kappa shape index (κ1) is 19.4. The Morgan fingerprint density at radius 2 is 1.85 bits per heavy atom. The number of sulfonamides is 1. The molecular formula is C17H18N2O6S. The van der Waals surface area contributed by atoms with E-state index in [1.807, 2.05) is 0 Å².